The minimum Gasteiger partial charge on any atom is -0.397 e. The Balaban J connectivity index is 2.95. The van der Waals surface area contributed by atoms with E-state index in [1.807, 2.05) is 18.2 Å². The van der Waals surface area contributed by atoms with Gasteiger partial charge in [0, 0.05) is 17.1 Å². The second-order valence-corrected chi connectivity index (χ2v) is 2.75. The van der Waals surface area contributed by atoms with Crippen molar-refractivity contribution in [2.45, 2.75) is 0 Å². The van der Waals surface area contributed by atoms with E-state index < -0.39 is 0 Å². The standard InChI is InChI=1S/C11H8N2/c1-2-8-5-6-10(12)11-9(8)4-3-7-13-11/h1,3-7H,12H2. The van der Waals surface area contributed by atoms with Gasteiger partial charge in [0.05, 0.1) is 11.2 Å². The van der Waals surface area contributed by atoms with Gasteiger partial charge in [0.2, 0.25) is 0 Å². The number of benzene rings is 1. The van der Waals surface area contributed by atoms with Crippen LogP contribution < -0.4 is 5.73 Å². The van der Waals surface area contributed by atoms with E-state index in [0.717, 1.165) is 16.5 Å². The number of anilines is 1. The molecule has 2 nitrogen and oxygen atoms in total. The van der Waals surface area contributed by atoms with Gasteiger partial charge in [-0.05, 0) is 24.3 Å². The SMILES string of the molecule is C#Cc1ccc(N)c2ncccc12. The maximum absolute atomic E-state index is 5.75. The van der Waals surface area contributed by atoms with Gasteiger partial charge >= 0.3 is 0 Å². The van der Waals surface area contributed by atoms with Crippen LogP contribution in [0.2, 0.25) is 0 Å². The molecule has 2 heteroatoms. The lowest BCUT2D eigenvalue weighted by molar-refractivity contribution is 1.41. The molecule has 0 atom stereocenters. The molecule has 0 aliphatic rings. The van der Waals surface area contributed by atoms with Gasteiger partial charge in [-0.25, -0.2) is 0 Å². The molecule has 0 bridgehead atoms. The van der Waals surface area contributed by atoms with E-state index in [1.54, 1.807) is 12.3 Å². The van der Waals surface area contributed by atoms with Crippen LogP contribution >= 0.6 is 0 Å². The van der Waals surface area contributed by atoms with Gasteiger partial charge < -0.3 is 5.73 Å². The second-order valence-electron chi connectivity index (χ2n) is 2.75. The molecular formula is C11H8N2. The number of nitrogen functional groups attached to an aromatic ring is 1. The number of nitrogens with zero attached hydrogens (tertiary/aromatic N) is 1. The lowest BCUT2D eigenvalue weighted by atomic mass is 10.1. The predicted molar refractivity (Wildman–Crippen MR) is 54.1 cm³/mol. The molecular weight excluding hydrogens is 160 g/mol. The van der Waals surface area contributed by atoms with Crippen LogP contribution in [0.25, 0.3) is 10.9 Å². The average molecular weight is 168 g/mol. The van der Waals surface area contributed by atoms with Gasteiger partial charge in [0.25, 0.3) is 0 Å². The Morgan fingerprint density at radius 2 is 2.15 bits per heavy atom. The van der Waals surface area contributed by atoms with Crippen LogP contribution in [-0.4, -0.2) is 4.98 Å². The van der Waals surface area contributed by atoms with Crippen molar-refractivity contribution in [3.8, 4) is 12.3 Å². The number of rotatable bonds is 0. The number of hydrogen-bond donors (Lipinski definition) is 1. The Bertz CT molecular complexity index is 495. The van der Waals surface area contributed by atoms with E-state index in [9.17, 15) is 0 Å². The highest BCUT2D eigenvalue weighted by atomic mass is 14.7. The summed E-state index contributed by atoms with van der Waals surface area (Å²) in [5.74, 6) is 2.60. The molecule has 0 aliphatic carbocycles. The van der Waals surface area contributed by atoms with Gasteiger partial charge in [-0.2, -0.15) is 0 Å². The molecule has 0 radical (unpaired) electrons. The van der Waals surface area contributed by atoms with E-state index in [0.29, 0.717) is 5.69 Å². The Morgan fingerprint density at radius 3 is 2.92 bits per heavy atom. The van der Waals surface area contributed by atoms with Crippen molar-refractivity contribution in [3.63, 3.8) is 0 Å². The summed E-state index contributed by atoms with van der Waals surface area (Å²) < 4.78 is 0. The largest absolute Gasteiger partial charge is 0.397 e. The first-order chi connectivity index (χ1) is 6.33. The molecule has 62 valence electrons. The molecule has 0 saturated heterocycles. The summed E-state index contributed by atoms with van der Waals surface area (Å²) in [6.45, 7) is 0. The lowest BCUT2D eigenvalue weighted by Crippen LogP contribution is -1.90. The molecule has 0 amide bonds. The summed E-state index contributed by atoms with van der Waals surface area (Å²) in [6.07, 6.45) is 7.05. The number of aromatic nitrogens is 1. The van der Waals surface area contributed by atoms with Gasteiger partial charge in [-0.15, -0.1) is 6.42 Å². The van der Waals surface area contributed by atoms with Gasteiger partial charge in [0.15, 0.2) is 0 Å². The number of fused-ring (bicyclic) bond motifs is 1. The van der Waals surface area contributed by atoms with Crippen LogP contribution in [0.15, 0.2) is 30.5 Å². The molecule has 0 saturated carbocycles. The van der Waals surface area contributed by atoms with E-state index >= 15 is 0 Å². The lowest BCUT2D eigenvalue weighted by Gasteiger charge is -2.02. The summed E-state index contributed by atoms with van der Waals surface area (Å²) in [5, 5.41) is 0.935. The third kappa shape index (κ3) is 1.11. The minimum absolute atomic E-state index is 0.662. The Kier molecular flexibility index (Phi) is 1.64. The van der Waals surface area contributed by atoms with Crippen LogP contribution in [-0.2, 0) is 0 Å². The minimum atomic E-state index is 0.662. The third-order valence-electron chi connectivity index (χ3n) is 1.96. The molecule has 0 unspecified atom stereocenters. The summed E-state index contributed by atoms with van der Waals surface area (Å²) >= 11 is 0. The smallest absolute Gasteiger partial charge is 0.0943 e. The monoisotopic (exact) mass is 168 g/mol. The summed E-state index contributed by atoms with van der Waals surface area (Å²) in [4.78, 5) is 4.17. The van der Waals surface area contributed by atoms with Crippen LogP contribution in [0.3, 0.4) is 0 Å². The highest BCUT2D eigenvalue weighted by molar-refractivity contribution is 5.93. The Morgan fingerprint density at radius 1 is 1.31 bits per heavy atom. The van der Waals surface area contributed by atoms with Crippen molar-refractivity contribution in [3.05, 3.63) is 36.0 Å². The highest BCUT2D eigenvalue weighted by Gasteiger charge is 2.01. The Hall–Kier alpha value is -2.01. The van der Waals surface area contributed by atoms with Gasteiger partial charge in [-0.3, -0.25) is 4.98 Å². The van der Waals surface area contributed by atoms with E-state index in [1.165, 1.54) is 0 Å². The van der Waals surface area contributed by atoms with E-state index in [4.69, 9.17) is 12.2 Å². The van der Waals surface area contributed by atoms with Crippen molar-refractivity contribution in [1.29, 1.82) is 0 Å². The van der Waals surface area contributed by atoms with Crippen LogP contribution in [0.4, 0.5) is 5.69 Å². The number of nitrogens with two attached hydrogens (primary N) is 1. The predicted octanol–water partition coefficient (Wildman–Crippen LogP) is 1.80. The molecule has 2 aromatic rings. The highest BCUT2D eigenvalue weighted by Crippen LogP contribution is 2.21. The van der Waals surface area contributed by atoms with Crippen molar-refractivity contribution < 1.29 is 0 Å². The van der Waals surface area contributed by atoms with Crippen molar-refractivity contribution in [2.24, 2.45) is 0 Å². The summed E-state index contributed by atoms with van der Waals surface area (Å²) in [5.41, 5.74) is 8.02. The third-order valence-corrected chi connectivity index (χ3v) is 1.96. The van der Waals surface area contributed by atoms with Gasteiger partial charge in [-0.1, -0.05) is 5.92 Å². The average Bonchev–Trinajstić information content (AvgIpc) is 2.19. The van der Waals surface area contributed by atoms with Crippen molar-refractivity contribution >= 4 is 16.6 Å². The zero-order chi connectivity index (χ0) is 9.26. The van der Waals surface area contributed by atoms with E-state index in [2.05, 4.69) is 10.9 Å². The molecule has 1 aromatic carbocycles. The zero-order valence-corrected chi connectivity index (χ0v) is 6.99. The normalized spacial score (nSPS) is 9.77. The summed E-state index contributed by atoms with van der Waals surface area (Å²) in [6, 6.07) is 7.39. The maximum Gasteiger partial charge on any atom is 0.0943 e. The molecule has 13 heavy (non-hydrogen) atoms. The molecule has 0 aliphatic heterocycles. The van der Waals surface area contributed by atoms with Gasteiger partial charge in [0.1, 0.15) is 0 Å². The quantitative estimate of drug-likeness (QED) is 0.481. The van der Waals surface area contributed by atoms with Crippen LogP contribution in [0.5, 0.6) is 0 Å². The van der Waals surface area contributed by atoms with Crippen molar-refractivity contribution in [2.75, 3.05) is 5.73 Å². The number of hydrogen-bond acceptors (Lipinski definition) is 2. The first kappa shape index (κ1) is 7.63. The molecule has 0 spiro atoms. The fraction of sp³-hybridized carbons (Fsp3) is 0. The summed E-state index contributed by atoms with van der Waals surface area (Å²) in [7, 11) is 0. The number of terminal acetylenes is 1. The topological polar surface area (TPSA) is 38.9 Å². The maximum atomic E-state index is 5.75. The molecule has 1 heterocycles. The fourth-order valence-corrected chi connectivity index (χ4v) is 1.32. The second kappa shape index (κ2) is 2.80. The van der Waals surface area contributed by atoms with E-state index in [-0.39, 0.29) is 0 Å². The molecule has 2 N–H and O–H groups in total. The fourth-order valence-electron chi connectivity index (χ4n) is 1.32. The number of pyridine rings is 1. The first-order valence-electron chi connectivity index (χ1n) is 3.93. The Labute approximate surface area is 76.4 Å². The molecule has 2 rings (SSSR count). The van der Waals surface area contributed by atoms with Crippen LogP contribution in [0, 0.1) is 12.3 Å². The zero-order valence-electron chi connectivity index (χ0n) is 6.99. The first-order valence-corrected chi connectivity index (χ1v) is 3.93. The molecule has 1 aromatic heterocycles. The van der Waals surface area contributed by atoms with Crippen LogP contribution in [0.1, 0.15) is 5.56 Å². The molecule has 0 fully saturated rings. The van der Waals surface area contributed by atoms with Crippen molar-refractivity contribution in [1.82, 2.24) is 4.98 Å².